The van der Waals surface area contributed by atoms with Crippen molar-refractivity contribution in [3.8, 4) is 0 Å². The lowest BCUT2D eigenvalue weighted by molar-refractivity contribution is -0.132. The zero-order valence-electron chi connectivity index (χ0n) is 10.3. The van der Waals surface area contributed by atoms with Crippen molar-refractivity contribution in [1.82, 2.24) is 10.2 Å². The van der Waals surface area contributed by atoms with Crippen molar-refractivity contribution in [3.63, 3.8) is 0 Å². The highest BCUT2D eigenvalue weighted by Crippen LogP contribution is 2.19. The van der Waals surface area contributed by atoms with E-state index in [4.69, 9.17) is 5.11 Å². The first-order chi connectivity index (χ1) is 9.08. The molecular formula is C13H16N2O4. The summed E-state index contributed by atoms with van der Waals surface area (Å²) in [6.45, 7) is 0.702. The molecule has 1 aliphatic rings. The first-order valence-corrected chi connectivity index (χ1v) is 6.09. The molecule has 0 aromatic heterocycles. The Morgan fingerprint density at radius 3 is 2.53 bits per heavy atom. The summed E-state index contributed by atoms with van der Waals surface area (Å²) < 4.78 is 0. The summed E-state index contributed by atoms with van der Waals surface area (Å²) in [4.78, 5) is 24.6. The summed E-state index contributed by atoms with van der Waals surface area (Å²) in [7, 11) is 0. The quantitative estimate of drug-likeness (QED) is 0.745. The molecule has 1 saturated heterocycles. The predicted molar refractivity (Wildman–Crippen MR) is 67.5 cm³/mol. The number of benzene rings is 1. The molecule has 2 atom stereocenters. The van der Waals surface area contributed by atoms with Crippen LogP contribution in [0.2, 0.25) is 0 Å². The Labute approximate surface area is 110 Å². The van der Waals surface area contributed by atoms with Gasteiger partial charge in [0.1, 0.15) is 6.04 Å². The number of nitrogens with zero attached hydrogens (tertiary/aromatic N) is 1. The standard InChI is InChI=1S/C13H16N2O4/c16-10-6-7-15(8-10)12(17)11(14-13(18)19)9-4-2-1-3-5-9/h1-5,10-11,14,16H,6-8H2,(H,18,19)/t10-,11?/m0/s1. The number of aliphatic hydroxyl groups excluding tert-OH is 1. The van der Waals surface area contributed by atoms with Gasteiger partial charge in [-0.2, -0.15) is 0 Å². The van der Waals surface area contributed by atoms with E-state index in [1.807, 2.05) is 0 Å². The third kappa shape index (κ3) is 3.23. The molecule has 102 valence electrons. The number of nitrogens with one attached hydrogen (secondary N) is 1. The van der Waals surface area contributed by atoms with Crippen LogP contribution < -0.4 is 5.32 Å². The number of carboxylic acid groups (broad SMARTS) is 1. The Morgan fingerprint density at radius 2 is 2.00 bits per heavy atom. The fourth-order valence-electron chi connectivity index (χ4n) is 2.18. The molecule has 1 aromatic carbocycles. The van der Waals surface area contributed by atoms with Crippen LogP contribution in [0.15, 0.2) is 30.3 Å². The fourth-order valence-corrected chi connectivity index (χ4v) is 2.18. The van der Waals surface area contributed by atoms with Crippen LogP contribution in [0.4, 0.5) is 4.79 Å². The summed E-state index contributed by atoms with van der Waals surface area (Å²) in [6.07, 6.45) is -1.24. The van der Waals surface area contributed by atoms with E-state index in [0.29, 0.717) is 18.5 Å². The van der Waals surface area contributed by atoms with Gasteiger partial charge < -0.3 is 20.4 Å². The molecule has 6 nitrogen and oxygen atoms in total. The lowest BCUT2D eigenvalue weighted by Gasteiger charge is -2.23. The fraction of sp³-hybridized carbons (Fsp3) is 0.385. The molecular weight excluding hydrogens is 248 g/mol. The summed E-state index contributed by atoms with van der Waals surface area (Å²) in [6, 6.07) is 7.76. The van der Waals surface area contributed by atoms with Gasteiger partial charge in [0, 0.05) is 13.1 Å². The number of amides is 2. The SMILES string of the molecule is O=C(O)NC(C(=O)N1CC[C@H](O)C1)c1ccccc1. The second-order valence-electron chi connectivity index (χ2n) is 4.52. The highest BCUT2D eigenvalue weighted by atomic mass is 16.4. The summed E-state index contributed by atoms with van der Waals surface area (Å²) in [5.74, 6) is -0.329. The number of carbonyl (C=O) groups is 2. The van der Waals surface area contributed by atoms with E-state index in [0.717, 1.165) is 0 Å². The van der Waals surface area contributed by atoms with Crippen molar-refractivity contribution in [3.05, 3.63) is 35.9 Å². The van der Waals surface area contributed by atoms with E-state index in [1.165, 1.54) is 4.90 Å². The van der Waals surface area contributed by atoms with E-state index >= 15 is 0 Å². The minimum Gasteiger partial charge on any atom is -0.465 e. The molecule has 19 heavy (non-hydrogen) atoms. The van der Waals surface area contributed by atoms with Gasteiger partial charge in [0.2, 0.25) is 5.91 Å². The van der Waals surface area contributed by atoms with E-state index in [9.17, 15) is 14.7 Å². The van der Waals surface area contributed by atoms with E-state index in [-0.39, 0.29) is 12.5 Å². The topological polar surface area (TPSA) is 89.9 Å². The molecule has 1 aliphatic heterocycles. The molecule has 0 radical (unpaired) electrons. The number of hydrogen-bond donors (Lipinski definition) is 3. The van der Waals surface area contributed by atoms with Gasteiger partial charge in [-0.3, -0.25) is 4.79 Å². The number of likely N-dealkylation sites (tertiary alicyclic amines) is 1. The first kappa shape index (κ1) is 13.4. The smallest absolute Gasteiger partial charge is 0.405 e. The molecule has 1 heterocycles. The average Bonchev–Trinajstić information content (AvgIpc) is 2.83. The maximum absolute atomic E-state index is 12.3. The van der Waals surface area contributed by atoms with Crippen molar-refractivity contribution >= 4 is 12.0 Å². The summed E-state index contributed by atoms with van der Waals surface area (Å²) in [5.41, 5.74) is 0.594. The molecule has 2 amide bonds. The average molecular weight is 264 g/mol. The van der Waals surface area contributed by atoms with Crippen molar-refractivity contribution < 1.29 is 19.8 Å². The molecule has 1 unspecified atom stereocenters. The Hall–Kier alpha value is -2.08. The van der Waals surface area contributed by atoms with Crippen LogP contribution >= 0.6 is 0 Å². The number of aliphatic hydroxyl groups is 1. The van der Waals surface area contributed by atoms with Gasteiger partial charge in [-0.1, -0.05) is 30.3 Å². The van der Waals surface area contributed by atoms with E-state index in [2.05, 4.69) is 5.32 Å². The van der Waals surface area contributed by atoms with E-state index in [1.54, 1.807) is 30.3 Å². The Bertz CT molecular complexity index is 463. The van der Waals surface area contributed by atoms with Crippen molar-refractivity contribution in [1.29, 1.82) is 0 Å². The van der Waals surface area contributed by atoms with Crippen LogP contribution in [0, 0.1) is 0 Å². The minimum absolute atomic E-state index is 0.253. The molecule has 6 heteroatoms. The Morgan fingerprint density at radius 1 is 1.32 bits per heavy atom. The molecule has 2 rings (SSSR count). The number of carbonyl (C=O) groups excluding carboxylic acids is 1. The monoisotopic (exact) mass is 264 g/mol. The van der Waals surface area contributed by atoms with Gasteiger partial charge in [-0.15, -0.1) is 0 Å². The van der Waals surface area contributed by atoms with Gasteiger partial charge in [-0.05, 0) is 12.0 Å². The van der Waals surface area contributed by atoms with Gasteiger partial charge in [-0.25, -0.2) is 4.79 Å². The minimum atomic E-state index is -1.25. The molecule has 0 bridgehead atoms. The molecule has 0 spiro atoms. The third-order valence-electron chi connectivity index (χ3n) is 3.12. The maximum Gasteiger partial charge on any atom is 0.405 e. The highest BCUT2D eigenvalue weighted by molar-refractivity contribution is 5.86. The lowest BCUT2D eigenvalue weighted by atomic mass is 10.1. The number of β-amino-alcohol motifs (C(OH)–C–C–N with tert-alkyl or cyclic N) is 1. The van der Waals surface area contributed by atoms with Gasteiger partial charge in [0.05, 0.1) is 6.10 Å². The summed E-state index contributed by atoms with van der Waals surface area (Å²) >= 11 is 0. The molecule has 3 N–H and O–H groups in total. The Balaban J connectivity index is 2.18. The van der Waals surface area contributed by atoms with Crippen molar-refractivity contribution in [2.24, 2.45) is 0 Å². The second kappa shape index (κ2) is 5.71. The van der Waals surface area contributed by atoms with Crippen molar-refractivity contribution in [2.75, 3.05) is 13.1 Å². The van der Waals surface area contributed by atoms with Crippen LogP contribution in [-0.2, 0) is 4.79 Å². The number of rotatable bonds is 3. The molecule has 0 saturated carbocycles. The predicted octanol–water partition coefficient (Wildman–Crippen LogP) is 0.588. The normalized spacial score (nSPS) is 20.1. The number of hydrogen-bond acceptors (Lipinski definition) is 3. The Kier molecular flexibility index (Phi) is 4.01. The largest absolute Gasteiger partial charge is 0.465 e. The second-order valence-corrected chi connectivity index (χ2v) is 4.52. The van der Waals surface area contributed by atoms with E-state index < -0.39 is 18.2 Å². The molecule has 1 fully saturated rings. The third-order valence-corrected chi connectivity index (χ3v) is 3.12. The van der Waals surface area contributed by atoms with Gasteiger partial charge in [0.25, 0.3) is 0 Å². The zero-order chi connectivity index (χ0) is 13.8. The zero-order valence-corrected chi connectivity index (χ0v) is 10.3. The first-order valence-electron chi connectivity index (χ1n) is 6.09. The van der Waals surface area contributed by atoms with Gasteiger partial charge >= 0.3 is 6.09 Å². The highest BCUT2D eigenvalue weighted by Gasteiger charge is 2.31. The molecule has 0 aliphatic carbocycles. The van der Waals surface area contributed by atoms with Gasteiger partial charge in [0.15, 0.2) is 0 Å². The lowest BCUT2D eigenvalue weighted by Crippen LogP contribution is -2.41. The van der Waals surface area contributed by atoms with Crippen LogP contribution in [0.5, 0.6) is 0 Å². The maximum atomic E-state index is 12.3. The van der Waals surface area contributed by atoms with Crippen LogP contribution in [0.1, 0.15) is 18.0 Å². The van der Waals surface area contributed by atoms with Crippen LogP contribution in [0.25, 0.3) is 0 Å². The van der Waals surface area contributed by atoms with Crippen LogP contribution in [0.3, 0.4) is 0 Å². The van der Waals surface area contributed by atoms with Crippen molar-refractivity contribution in [2.45, 2.75) is 18.6 Å². The molecule has 1 aromatic rings. The van der Waals surface area contributed by atoms with Crippen LogP contribution in [-0.4, -0.2) is 46.3 Å². The summed E-state index contributed by atoms with van der Waals surface area (Å²) in [5, 5.41) is 20.5.